The predicted octanol–water partition coefficient (Wildman–Crippen LogP) is 4.52. The van der Waals surface area contributed by atoms with Gasteiger partial charge in [0.1, 0.15) is 5.82 Å². The number of benzene rings is 2. The maximum absolute atomic E-state index is 10.7. The number of hydrogen-bond acceptors (Lipinski definition) is 5. The van der Waals surface area contributed by atoms with E-state index in [0.29, 0.717) is 18.1 Å². The van der Waals surface area contributed by atoms with E-state index in [4.69, 9.17) is 9.97 Å². The Balaban J connectivity index is 1.64. The maximum Gasteiger partial charge on any atom is 0.162 e. The van der Waals surface area contributed by atoms with Crippen molar-refractivity contribution in [2.24, 2.45) is 0 Å². The van der Waals surface area contributed by atoms with Crippen LogP contribution in [-0.4, -0.2) is 26.2 Å². The van der Waals surface area contributed by atoms with Gasteiger partial charge < -0.3 is 10.4 Å². The van der Waals surface area contributed by atoms with Crippen molar-refractivity contribution >= 4 is 32.7 Å². The summed E-state index contributed by atoms with van der Waals surface area (Å²) in [5, 5.41) is 15.1. The first kappa shape index (κ1) is 17.3. The number of aromatic nitrogens is 3. The molecule has 1 aliphatic carbocycles. The fourth-order valence-electron chi connectivity index (χ4n) is 3.74. The maximum atomic E-state index is 10.7. The lowest BCUT2D eigenvalue weighted by Crippen LogP contribution is -2.22. The monoisotopic (exact) mass is 432 g/mol. The van der Waals surface area contributed by atoms with Gasteiger partial charge in [-0.05, 0) is 41.5 Å². The van der Waals surface area contributed by atoms with Gasteiger partial charge in [-0.3, -0.25) is 4.98 Å². The average Bonchev–Trinajstić information content (AvgIpc) is 3.04. The van der Waals surface area contributed by atoms with Gasteiger partial charge in [-0.2, -0.15) is 0 Å². The van der Waals surface area contributed by atoms with Crippen LogP contribution in [0.5, 0.6) is 0 Å². The van der Waals surface area contributed by atoms with E-state index >= 15 is 0 Å². The third-order valence-electron chi connectivity index (χ3n) is 5.09. The summed E-state index contributed by atoms with van der Waals surface area (Å²) in [6.45, 7) is 0. The molecule has 1 aliphatic rings. The number of aliphatic hydroxyl groups is 1. The van der Waals surface area contributed by atoms with Gasteiger partial charge in [0, 0.05) is 34.2 Å². The highest BCUT2D eigenvalue weighted by molar-refractivity contribution is 9.10. The summed E-state index contributed by atoms with van der Waals surface area (Å²) in [6.07, 6.45) is 3.60. The predicted molar refractivity (Wildman–Crippen MR) is 113 cm³/mol. The van der Waals surface area contributed by atoms with Gasteiger partial charge in [-0.15, -0.1) is 0 Å². The Kier molecular flexibility index (Phi) is 4.30. The molecule has 2 N–H and O–H groups in total. The molecule has 0 unspecified atom stereocenters. The molecule has 0 radical (unpaired) electrons. The summed E-state index contributed by atoms with van der Waals surface area (Å²) < 4.78 is 0.954. The molecule has 2 aromatic heterocycles. The highest BCUT2D eigenvalue weighted by atomic mass is 79.9. The number of hydrogen-bond donors (Lipinski definition) is 2. The lowest BCUT2D eigenvalue weighted by molar-refractivity contribution is 0.165. The minimum Gasteiger partial charge on any atom is -0.390 e. The van der Waals surface area contributed by atoms with Crippen LogP contribution >= 0.6 is 15.9 Å². The van der Waals surface area contributed by atoms with Crippen molar-refractivity contribution in [1.29, 1.82) is 0 Å². The summed E-state index contributed by atoms with van der Waals surface area (Å²) >= 11 is 3.54. The van der Waals surface area contributed by atoms with E-state index in [1.54, 1.807) is 12.4 Å². The molecule has 0 amide bonds. The van der Waals surface area contributed by atoms with Crippen LogP contribution in [0, 0.1) is 0 Å². The zero-order chi connectivity index (χ0) is 19.1. The molecule has 0 saturated heterocycles. The van der Waals surface area contributed by atoms with E-state index in [1.807, 2.05) is 42.5 Å². The topological polar surface area (TPSA) is 70.9 Å². The van der Waals surface area contributed by atoms with Gasteiger partial charge in [0.25, 0.3) is 0 Å². The van der Waals surface area contributed by atoms with Crippen molar-refractivity contribution in [2.75, 3.05) is 5.32 Å². The van der Waals surface area contributed by atoms with E-state index in [9.17, 15) is 5.11 Å². The number of anilines is 1. The van der Waals surface area contributed by atoms with E-state index in [-0.39, 0.29) is 6.04 Å². The summed E-state index contributed by atoms with van der Waals surface area (Å²) in [6, 6.07) is 17.6. The molecular formula is C22H17BrN4O. The summed E-state index contributed by atoms with van der Waals surface area (Å²) in [5.74, 6) is 1.33. The second-order valence-electron chi connectivity index (χ2n) is 6.89. The van der Waals surface area contributed by atoms with Gasteiger partial charge in [-0.25, -0.2) is 9.97 Å². The molecule has 0 saturated carbocycles. The first-order valence-corrected chi connectivity index (χ1v) is 9.88. The summed E-state index contributed by atoms with van der Waals surface area (Å²) in [5.41, 5.74) is 4.02. The Morgan fingerprint density at radius 3 is 2.68 bits per heavy atom. The lowest BCUT2D eigenvalue weighted by Gasteiger charge is -2.20. The third-order valence-corrected chi connectivity index (χ3v) is 5.59. The number of halogens is 1. The van der Waals surface area contributed by atoms with Crippen LogP contribution in [0.2, 0.25) is 0 Å². The molecule has 2 atom stereocenters. The van der Waals surface area contributed by atoms with Crippen LogP contribution in [0.15, 0.2) is 71.5 Å². The summed E-state index contributed by atoms with van der Waals surface area (Å²) in [7, 11) is 0. The molecular weight excluding hydrogens is 416 g/mol. The molecule has 0 bridgehead atoms. The van der Waals surface area contributed by atoms with E-state index < -0.39 is 6.10 Å². The molecule has 2 heterocycles. The first-order valence-electron chi connectivity index (χ1n) is 9.09. The Morgan fingerprint density at radius 2 is 1.82 bits per heavy atom. The van der Waals surface area contributed by atoms with Gasteiger partial charge in [0.15, 0.2) is 5.82 Å². The van der Waals surface area contributed by atoms with Crippen molar-refractivity contribution in [1.82, 2.24) is 15.0 Å². The number of nitrogens with one attached hydrogen (secondary N) is 1. The molecule has 5 rings (SSSR count). The fraction of sp³-hybridized carbons (Fsp3) is 0.136. The smallest absolute Gasteiger partial charge is 0.162 e. The van der Waals surface area contributed by atoms with E-state index in [0.717, 1.165) is 26.5 Å². The molecule has 0 aliphatic heterocycles. The third kappa shape index (κ3) is 3.04. The zero-order valence-electron chi connectivity index (χ0n) is 14.9. The van der Waals surface area contributed by atoms with Crippen molar-refractivity contribution in [3.8, 4) is 11.4 Å². The molecule has 4 aromatic rings. The van der Waals surface area contributed by atoms with Crippen molar-refractivity contribution in [2.45, 2.75) is 18.6 Å². The fourth-order valence-corrected chi connectivity index (χ4v) is 4.10. The van der Waals surface area contributed by atoms with Crippen molar-refractivity contribution in [3.63, 3.8) is 0 Å². The van der Waals surface area contributed by atoms with Gasteiger partial charge >= 0.3 is 0 Å². The average molecular weight is 433 g/mol. The van der Waals surface area contributed by atoms with Crippen LogP contribution in [0.4, 0.5) is 5.82 Å². The molecule has 5 nitrogen and oxygen atoms in total. The Hall–Kier alpha value is -2.83. The van der Waals surface area contributed by atoms with Crippen LogP contribution in [0.3, 0.4) is 0 Å². The zero-order valence-corrected chi connectivity index (χ0v) is 16.5. The lowest BCUT2D eigenvalue weighted by atomic mass is 10.1. The molecule has 0 spiro atoms. The minimum atomic E-state index is -0.501. The van der Waals surface area contributed by atoms with Crippen LogP contribution in [0.25, 0.3) is 22.3 Å². The Morgan fingerprint density at radius 1 is 1.00 bits per heavy atom. The van der Waals surface area contributed by atoms with Crippen LogP contribution < -0.4 is 5.32 Å². The quantitative estimate of drug-likeness (QED) is 0.497. The molecule has 28 heavy (non-hydrogen) atoms. The number of aliphatic hydroxyl groups excluding tert-OH is 1. The highest BCUT2D eigenvalue weighted by Crippen LogP contribution is 2.36. The number of nitrogens with zero attached hydrogens (tertiary/aromatic N) is 3. The van der Waals surface area contributed by atoms with Crippen LogP contribution in [-0.2, 0) is 6.42 Å². The molecule has 0 fully saturated rings. The normalized spacial score (nSPS) is 18.2. The minimum absolute atomic E-state index is 0.210. The van der Waals surface area contributed by atoms with E-state index in [2.05, 4.69) is 38.4 Å². The number of fused-ring (bicyclic) bond motifs is 2. The summed E-state index contributed by atoms with van der Waals surface area (Å²) in [4.78, 5) is 13.6. The largest absolute Gasteiger partial charge is 0.390 e. The molecule has 6 heteroatoms. The highest BCUT2D eigenvalue weighted by Gasteiger charge is 2.31. The van der Waals surface area contributed by atoms with Crippen LogP contribution in [0.1, 0.15) is 17.2 Å². The second-order valence-corrected chi connectivity index (χ2v) is 7.80. The Bertz CT molecular complexity index is 1170. The van der Waals surface area contributed by atoms with Gasteiger partial charge in [-0.1, -0.05) is 40.2 Å². The number of pyridine rings is 1. The SMILES string of the molecule is O[C@@H]1Cc2ccccc2[C@@H]1Nc1nc(-c2ccncc2)nc2ccc(Br)cc12. The van der Waals surface area contributed by atoms with Gasteiger partial charge in [0.2, 0.25) is 0 Å². The van der Waals surface area contributed by atoms with Crippen molar-refractivity contribution < 1.29 is 5.11 Å². The standard InChI is InChI=1S/C22H17BrN4O/c23-15-5-6-18-17(12-15)22(27-21(25-18)13-7-9-24-10-8-13)26-20-16-4-2-1-3-14(16)11-19(20)28/h1-10,12,19-20,28H,11H2,(H,25,26,27)/t19-,20+/m1/s1. The number of rotatable bonds is 3. The molecule has 138 valence electrons. The van der Waals surface area contributed by atoms with Crippen molar-refractivity contribution in [3.05, 3.63) is 82.6 Å². The van der Waals surface area contributed by atoms with E-state index in [1.165, 1.54) is 5.56 Å². The molecule has 2 aromatic carbocycles. The van der Waals surface area contributed by atoms with Gasteiger partial charge in [0.05, 0.1) is 17.7 Å². The Labute approximate surface area is 170 Å². The first-order chi connectivity index (χ1) is 13.7. The second kappa shape index (κ2) is 6.96.